The molecule has 30 heavy (non-hydrogen) atoms. The highest BCUT2D eigenvalue weighted by molar-refractivity contribution is 7.10. The smallest absolute Gasteiger partial charge is 0.199 e. The third-order valence-electron chi connectivity index (χ3n) is 5.64. The number of anilines is 2. The Hall–Kier alpha value is -2.26. The summed E-state index contributed by atoms with van der Waals surface area (Å²) in [5.74, 6) is 2.62. The SMILES string of the molecule is Cc1nc(C(C)Nc2cc(NCC3CCNCC3)nc3c(C(C)C)cnn23)sc1F. The summed E-state index contributed by atoms with van der Waals surface area (Å²) in [7, 11) is 0. The number of thiazole rings is 1. The molecule has 1 atom stereocenters. The maximum Gasteiger partial charge on any atom is 0.199 e. The van der Waals surface area contributed by atoms with Crippen LogP contribution in [0.25, 0.3) is 5.65 Å². The highest BCUT2D eigenvalue weighted by Gasteiger charge is 2.19. The van der Waals surface area contributed by atoms with Crippen molar-refractivity contribution in [2.24, 2.45) is 5.92 Å². The number of aromatic nitrogens is 4. The van der Waals surface area contributed by atoms with Gasteiger partial charge in [0.15, 0.2) is 10.8 Å². The van der Waals surface area contributed by atoms with Crippen molar-refractivity contribution in [3.63, 3.8) is 0 Å². The van der Waals surface area contributed by atoms with Gasteiger partial charge >= 0.3 is 0 Å². The van der Waals surface area contributed by atoms with Crippen molar-refractivity contribution in [3.8, 4) is 0 Å². The molecule has 1 aliphatic heterocycles. The molecule has 0 aliphatic carbocycles. The van der Waals surface area contributed by atoms with Gasteiger partial charge in [0.2, 0.25) is 0 Å². The van der Waals surface area contributed by atoms with Crippen molar-refractivity contribution >= 4 is 28.6 Å². The van der Waals surface area contributed by atoms with Gasteiger partial charge in [-0.2, -0.15) is 14.0 Å². The molecule has 4 heterocycles. The van der Waals surface area contributed by atoms with Crippen molar-refractivity contribution in [3.05, 3.63) is 33.7 Å². The van der Waals surface area contributed by atoms with Gasteiger partial charge in [0.05, 0.1) is 17.9 Å². The van der Waals surface area contributed by atoms with E-state index in [1.807, 2.05) is 23.7 Å². The van der Waals surface area contributed by atoms with Crippen molar-refractivity contribution in [2.45, 2.75) is 52.5 Å². The molecule has 4 rings (SSSR count). The average Bonchev–Trinajstić information content (AvgIpc) is 3.31. The van der Waals surface area contributed by atoms with Gasteiger partial charge in [-0.05, 0) is 51.6 Å². The number of piperidine rings is 1. The summed E-state index contributed by atoms with van der Waals surface area (Å²) in [6.07, 6.45) is 4.24. The van der Waals surface area contributed by atoms with Crippen molar-refractivity contribution in [2.75, 3.05) is 30.3 Å². The van der Waals surface area contributed by atoms with Crippen molar-refractivity contribution in [1.82, 2.24) is 24.9 Å². The molecule has 0 amide bonds. The monoisotopic (exact) mass is 431 g/mol. The Labute approximate surface area is 180 Å². The predicted octanol–water partition coefficient (Wildman–Crippen LogP) is 4.34. The molecule has 7 nitrogen and oxygen atoms in total. The molecule has 1 fully saturated rings. The summed E-state index contributed by atoms with van der Waals surface area (Å²) < 4.78 is 15.6. The first kappa shape index (κ1) is 21.0. The second-order valence-corrected chi connectivity index (χ2v) is 9.35. The number of hydrogen-bond donors (Lipinski definition) is 3. The zero-order valence-corrected chi connectivity index (χ0v) is 18.8. The van der Waals surface area contributed by atoms with Crippen molar-refractivity contribution in [1.29, 1.82) is 0 Å². The maximum absolute atomic E-state index is 13.8. The van der Waals surface area contributed by atoms with E-state index >= 15 is 0 Å². The van der Waals surface area contributed by atoms with Gasteiger partial charge in [0.25, 0.3) is 0 Å². The normalized spacial score (nSPS) is 16.3. The first-order chi connectivity index (χ1) is 14.4. The minimum atomic E-state index is -0.232. The molecule has 0 bridgehead atoms. The molecule has 0 aromatic carbocycles. The van der Waals surface area contributed by atoms with E-state index in [1.54, 1.807) is 6.92 Å². The van der Waals surface area contributed by atoms with Gasteiger partial charge in [-0.1, -0.05) is 25.2 Å². The van der Waals surface area contributed by atoms with Crippen LogP contribution < -0.4 is 16.0 Å². The zero-order chi connectivity index (χ0) is 21.3. The third kappa shape index (κ3) is 4.41. The van der Waals surface area contributed by atoms with E-state index in [0.717, 1.165) is 58.8 Å². The predicted molar refractivity (Wildman–Crippen MR) is 120 cm³/mol. The summed E-state index contributed by atoms with van der Waals surface area (Å²) in [4.78, 5) is 9.21. The van der Waals surface area contributed by atoms with Crippen molar-refractivity contribution < 1.29 is 4.39 Å². The fourth-order valence-electron chi connectivity index (χ4n) is 3.78. The Morgan fingerprint density at radius 3 is 2.70 bits per heavy atom. The van der Waals surface area contributed by atoms with E-state index in [4.69, 9.17) is 4.98 Å². The van der Waals surface area contributed by atoms with Crippen LogP contribution in [-0.2, 0) is 0 Å². The van der Waals surface area contributed by atoms with Crippen LogP contribution in [-0.4, -0.2) is 39.2 Å². The van der Waals surface area contributed by atoms with E-state index in [-0.39, 0.29) is 11.2 Å². The number of aryl methyl sites for hydroxylation is 1. The molecule has 0 spiro atoms. The number of nitrogens with zero attached hydrogens (tertiary/aromatic N) is 4. The maximum atomic E-state index is 13.8. The fourth-order valence-corrected chi connectivity index (χ4v) is 4.58. The summed E-state index contributed by atoms with van der Waals surface area (Å²) in [5.41, 5.74) is 2.39. The van der Waals surface area contributed by atoms with Crippen LogP contribution in [0.2, 0.25) is 0 Å². The molecule has 162 valence electrons. The van der Waals surface area contributed by atoms with E-state index in [0.29, 0.717) is 17.5 Å². The largest absolute Gasteiger partial charge is 0.370 e. The van der Waals surface area contributed by atoms with Crippen LogP contribution in [0.15, 0.2) is 12.3 Å². The van der Waals surface area contributed by atoms with Crippen LogP contribution in [0.4, 0.5) is 16.0 Å². The number of rotatable bonds is 7. The Bertz CT molecular complexity index is 987. The third-order valence-corrected chi connectivity index (χ3v) is 6.77. The first-order valence-electron chi connectivity index (χ1n) is 10.6. The molecular weight excluding hydrogens is 401 g/mol. The Morgan fingerprint density at radius 2 is 2.03 bits per heavy atom. The topological polar surface area (TPSA) is 79.2 Å². The minimum Gasteiger partial charge on any atom is -0.370 e. The Kier molecular flexibility index (Phi) is 6.19. The Morgan fingerprint density at radius 1 is 1.27 bits per heavy atom. The summed E-state index contributed by atoms with van der Waals surface area (Å²) in [5, 5.41) is 15.5. The van der Waals surface area contributed by atoms with E-state index in [9.17, 15) is 4.39 Å². The van der Waals surface area contributed by atoms with Gasteiger partial charge < -0.3 is 16.0 Å². The lowest BCUT2D eigenvalue weighted by atomic mass is 9.98. The second kappa shape index (κ2) is 8.85. The zero-order valence-electron chi connectivity index (χ0n) is 18.0. The second-order valence-electron chi connectivity index (χ2n) is 8.37. The van der Waals surface area contributed by atoms with Crippen LogP contribution in [0, 0.1) is 18.0 Å². The highest BCUT2D eigenvalue weighted by Crippen LogP contribution is 2.28. The molecule has 1 saturated heterocycles. The molecule has 1 aliphatic rings. The first-order valence-corrected chi connectivity index (χ1v) is 11.5. The molecule has 1 unspecified atom stereocenters. The standard InChI is InChI=1S/C21H30FN7S/c1-12(2)16-11-25-29-18(26-14(4)21-27-13(3)19(22)30-21)9-17(28-20(16)29)24-10-15-5-7-23-8-6-15/h9,11-12,14-15,23,26H,5-8,10H2,1-4H3,(H,24,28). The van der Waals surface area contributed by atoms with Gasteiger partial charge in [-0.15, -0.1) is 0 Å². The van der Waals surface area contributed by atoms with Crippen LogP contribution in [0.3, 0.4) is 0 Å². The lowest BCUT2D eigenvalue weighted by Gasteiger charge is -2.23. The van der Waals surface area contributed by atoms with Gasteiger partial charge in [0.1, 0.15) is 16.6 Å². The summed E-state index contributed by atoms with van der Waals surface area (Å²) >= 11 is 1.08. The van der Waals surface area contributed by atoms with E-state index < -0.39 is 0 Å². The number of nitrogens with one attached hydrogen (secondary N) is 3. The van der Waals surface area contributed by atoms with Gasteiger partial charge in [0, 0.05) is 18.2 Å². The molecule has 3 N–H and O–H groups in total. The van der Waals surface area contributed by atoms with Crippen LogP contribution in [0.5, 0.6) is 0 Å². The van der Waals surface area contributed by atoms with Crippen LogP contribution in [0.1, 0.15) is 61.8 Å². The number of halogens is 1. The Balaban J connectivity index is 1.62. The molecule has 0 radical (unpaired) electrons. The minimum absolute atomic E-state index is 0.146. The molecule has 3 aromatic rings. The summed E-state index contributed by atoms with van der Waals surface area (Å²) in [6, 6.07) is 1.84. The fraction of sp³-hybridized carbons (Fsp3) is 0.571. The van der Waals surface area contributed by atoms with Gasteiger partial charge in [-0.3, -0.25) is 0 Å². The lowest BCUT2D eigenvalue weighted by molar-refractivity contribution is 0.389. The quantitative estimate of drug-likeness (QED) is 0.516. The molecule has 9 heteroatoms. The summed E-state index contributed by atoms with van der Waals surface area (Å²) in [6.45, 7) is 11.0. The molecular formula is C21H30FN7S. The van der Waals surface area contributed by atoms with Gasteiger partial charge in [-0.25, -0.2) is 9.97 Å². The highest BCUT2D eigenvalue weighted by atomic mass is 32.1. The number of hydrogen-bond acceptors (Lipinski definition) is 7. The lowest BCUT2D eigenvalue weighted by Crippen LogP contribution is -2.31. The van der Waals surface area contributed by atoms with E-state index in [2.05, 4.69) is 39.9 Å². The van der Waals surface area contributed by atoms with E-state index in [1.165, 1.54) is 12.8 Å². The molecule has 0 saturated carbocycles. The van der Waals surface area contributed by atoms with Crippen LogP contribution >= 0.6 is 11.3 Å². The average molecular weight is 432 g/mol. The molecule has 3 aromatic heterocycles. The number of fused-ring (bicyclic) bond motifs is 1.